The Hall–Kier alpha value is -1.80. The first-order chi connectivity index (χ1) is 11.4. The zero-order valence-electron chi connectivity index (χ0n) is 15.7. The van der Waals surface area contributed by atoms with Gasteiger partial charge in [0.15, 0.2) is 0 Å². The molecule has 0 aliphatic carbocycles. The third-order valence-electron chi connectivity index (χ3n) is 4.29. The second kappa shape index (κ2) is 8.34. The van der Waals surface area contributed by atoms with Crippen LogP contribution in [0, 0.1) is 0 Å². The molecular weight excluding hydrogens is 294 g/mol. The Morgan fingerprint density at radius 3 is 2.25 bits per heavy atom. The maximum Gasteiger partial charge on any atom is 0.120 e. The van der Waals surface area contributed by atoms with Crippen LogP contribution in [0.4, 0.5) is 0 Å². The van der Waals surface area contributed by atoms with E-state index in [2.05, 4.69) is 82.4 Å². The summed E-state index contributed by atoms with van der Waals surface area (Å²) in [6.07, 6.45) is 1.28. The van der Waals surface area contributed by atoms with Gasteiger partial charge >= 0.3 is 0 Å². The molecule has 0 aromatic heterocycles. The van der Waals surface area contributed by atoms with Gasteiger partial charge in [0.2, 0.25) is 0 Å². The average molecular weight is 325 g/mol. The van der Waals surface area contributed by atoms with Gasteiger partial charge in [0.05, 0.1) is 6.10 Å². The Kier molecular flexibility index (Phi) is 6.44. The van der Waals surface area contributed by atoms with Gasteiger partial charge in [-0.05, 0) is 47.6 Å². The van der Waals surface area contributed by atoms with E-state index in [1.54, 1.807) is 0 Å². The van der Waals surface area contributed by atoms with Crippen molar-refractivity contribution < 1.29 is 4.74 Å². The minimum absolute atomic E-state index is 0.210. The molecule has 130 valence electrons. The fourth-order valence-corrected chi connectivity index (χ4v) is 2.52. The van der Waals surface area contributed by atoms with Gasteiger partial charge in [0, 0.05) is 13.1 Å². The standard InChI is InChI=1S/C22H31NO/c1-6-17(2)24-21-9-7-8-19(14-21)16-23-15-18-10-12-20(13-11-18)22(3,4)5/h7-14,17,23H,6,15-16H2,1-5H3. The molecule has 24 heavy (non-hydrogen) atoms. The SMILES string of the molecule is CCC(C)Oc1cccc(CNCc2ccc(C(C)(C)C)cc2)c1. The highest BCUT2D eigenvalue weighted by Gasteiger charge is 2.12. The molecule has 2 aromatic carbocycles. The Balaban J connectivity index is 1.87. The van der Waals surface area contributed by atoms with Gasteiger partial charge < -0.3 is 10.1 Å². The van der Waals surface area contributed by atoms with Crippen molar-refractivity contribution in [2.75, 3.05) is 0 Å². The smallest absolute Gasteiger partial charge is 0.120 e. The molecule has 2 aromatic rings. The Morgan fingerprint density at radius 2 is 1.62 bits per heavy atom. The van der Waals surface area contributed by atoms with E-state index in [0.717, 1.165) is 25.3 Å². The first kappa shape index (κ1) is 18.5. The normalized spacial score (nSPS) is 12.9. The van der Waals surface area contributed by atoms with Crippen LogP contribution >= 0.6 is 0 Å². The quantitative estimate of drug-likeness (QED) is 0.730. The van der Waals surface area contributed by atoms with Crippen molar-refractivity contribution in [3.63, 3.8) is 0 Å². The summed E-state index contributed by atoms with van der Waals surface area (Å²) in [5, 5.41) is 3.52. The number of benzene rings is 2. The van der Waals surface area contributed by atoms with Crippen LogP contribution in [0.25, 0.3) is 0 Å². The molecule has 0 fully saturated rings. The minimum Gasteiger partial charge on any atom is -0.491 e. The minimum atomic E-state index is 0.210. The predicted octanol–water partition coefficient (Wildman–Crippen LogP) is 5.45. The van der Waals surface area contributed by atoms with E-state index in [1.165, 1.54) is 16.7 Å². The van der Waals surface area contributed by atoms with E-state index in [9.17, 15) is 0 Å². The van der Waals surface area contributed by atoms with Gasteiger partial charge in [-0.15, -0.1) is 0 Å². The summed E-state index contributed by atoms with van der Waals surface area (Å²) < 4.78 is 5.89. The van der Waals surface area contributed by atoms with Gasteiger partial charge in [-0.3, -0.25) is 0 Å². The largest absolute Gasteiger partial charge is 0.491 e. The van der Waals surface area contributed by atoms with Crippen molar-refractivity contribution in [3.8, 4) is 5.75 Å². The summed E-state index contributed by atoms with van der Waals surface area (Å²) in [6, 6.07) is 17.3. The summed E-state index contributed by atoms with van der Waals surface area (Å²) in [5.41, 5.74) is 4.15. The number of rotatable bonds is 7. The van der Waals surface area contributed by atoms with Crippen molar-refractivity contribution in [3.05, 3.63) is 65.2 Å². The number of nitrogens with one attached hydrogen (secondary N) is 1. The molecule has 0 heterocycles. The van der Waals surface area contributed by atoms with E-state index in [4.69, 9.17) is 4.74 Å². The van der Waals surface area contributed by atoms with E-state index < -0.39 is 0 Å². The summed E-state index contributed by atoms with van der Waals surface area (Å²) in [6.45, 7) is 12.7. The molecule has 1 unspecified atom stereocenters. The van der Waals surface area contributed by atoms with Crippen LogP contribution in [0.5, 0.6) is 5.75 Å². The van der Waals surface area contributed by atoms with Crippen LogP contribution in [0.3, 0.4) is 0 Å². The third-order valence-corrected chi connectivity index (χ3v) is 4.29. The molecule has 2 rings (SSSR count). The number of ether oxygens (including phenoxy) is 1. The van der Waals surface area contributed by atoms with Crippen molar-refractivity contribution in [2.45, 2.75) is 65.6 Å². The highest BCUT2D eigenvalue weighted by Crippen LogP contribution is 2.22. The molecule has 0 amide bonds. The van der Waals surface area contributed by atoms with Crippen molar-refractivity contribution >= 4 is 0 Å². The molecule has 0 saturated carbocycles. The van der Waals surface area contributed by atoms with Gasteiger partial charge in [0.25, 0.3) is 0 Å². The van der Waals surface area contributed by atoms with Crippen LogP contribution < -0.4 is 10.1 Å². The summed E-state index contributed by atoms with van der Waals surface area (Å²) >= 11 is 0. The zero-order chi connectivity index (χ0) is 17.6. The summed E-state index contributed by atoms with van der Waals surface area (Å²) in [7, 11) is 0. The molecular formula is C22H31NO. The fourth-order valence-electron chi connectivity index (χ4n) is 2.52. The van der Waals surface area contributed by atoms with E-state index in [-0.39, 0.29) is 11.5 Å². The van der Waals surface area contributed by atoms with Crippen molar-refractivity contribution in [2.24, 2.45) is 0 Å². The van der Waals surface area contributed by atoms with Crippen molar-refractivity contribution in [1.82, 2.24) is 5.32 Å². The molecule has 0 bridgehead atoms. The second-order valence-electron chi connectivity index (χ2n) is 7.53. The Bertz CT molecular complexity index is 625. The Labute approximate surface area is 147 Å². The lowest BCUT2D eigenvalue weighted by Crippen LogP contribution is -2.14. The van der Waals surface area contributed by atoms with Gasteiger partial charge in [-0.1, -0.05) is 64.1 Å². The van der Waals surface area contributed by atoms with Crippen LogP contribution in [0.1, 0.15) is 57.7 Å². The van der Waals surface area contributed by atoms with Crippen LogP contribution in [0.2, 0.25) is 0 Å². The maximum absolute atomic E-state index is 5.89. The van der Waals surface area contributed by atoms with Crippen molar-refractivity contribution in [1.29, 1.82) is 0 Å². The molecule has 0 aliphatic heterocycles. The topological polar surface area (TPSA) is 21.3 Å². The second-order valence-corrected chi connectivity index (χ2v) is 7.53. The monoisotopic (exact) mass is 325 g/mol. The van der Waals surface area contributed by atoms with Gasteiger partial charge in [-0.2, -0.15) is 0 Å². The molecule has 0 radical (unpaired) electrons. The highest BCUT2D eigenvalue weighted by atomic mass is 16.5. The molecule has 0 saturated heterocycles. The first-order valence-electron chi connectivity index (χ1n) is 8.94. The molecule has 0 spiro atoms. The molecule has 1 N–H and O–H groups in total. The van der Waals surface area contributed by atoms with E-state index >= 15 is 0 Å². The van der Waals surface area contributed by atoms with E-state index in [0.29, 0.717) is 0 Å². The van der Waals surface area contributed by atoms with Gasteiger partial charge in [-0.25, -0.2) is 0 Å². The van der Waals surface area contributed by atoms with Gasteiger partial charge in [0.1, 0.15) is 5.75 Å². The molecule has 0 aliphatic rings. The number of hydrogen-bond donors (Lipinski definition) is 1. The lowest BCUT2D eigenvalue weighted by molar-refractivity contribution is 0.217. The van der Waals surface area contributed by atoms with Crippen LogP contribution in [0.15, 0.2) is 48.5 Å². The summed E-state index contributed by atoms with van der Waals surface area (Å²) in [5.74, 6) is 0.957. The predicted molar refractivity (Wildman–Crippen MR) is 103 cm³/mol. The maximum atomic E-state index is 5.89. The molecule has 1 atom stereocenters. The zero-order valence-corrected chi connectivity index (χ0v) is 15.7. The lowest BCUT2D eigenvalue weighted by atomic mass is 9.87. The van der Waals surface area contributed by atoms with E-state index in [1.807, 2.05) is 6.07 Å². The average Bonchev–Trinajstić information content (AvgIpc) is 2.55. The first-order valence-corrected chi connectivity index (χ1v) is 8.94. The third kappa shape index (κ3) is 5.68. The molecule has 2 nitrogen and oxygen atoms in total. The lowest BCUT2D eigenvalue weighted by Gasteiger charge is -2.19. The molecule has 2 heteroatoms. The Morgan fingerprint density at radius 1 is 0.958 bits per heavy atom. The number of hydrogen-bond acceptors (Lipinski definition) is 2. The highest BCUT2D eigenvalue weighted by molar-refractivity contribution is 5.29. The van der Waals surface area contributed by atoms with Crippen LogP contribution in [-0.4, -0.2) is 6.10 Å². The summed E-state index contributed by atoms with van der Waals surface area (Å²) in [4.78, 5) is 0. The van der Waals surface area contributed by atoms with Crippen LogP contribution in [-0.2, 0) is 18.5 Å². The fraction of sp³-hybridized carbons (Fsp3) is 0.455.